The molecule has 0 heterocycles. The molecule has 3 N–H and O–H groups in total. The van der Waals surface area contributed by atoms with Gasteiger partial charge in [0.2, 0.25) is 5.91 Å². The van der Waals surface area contributed by atoms with Gasteiger partial charge in [-0.05, 0) is 77.0 Å². The highest BCUT2D eigenvalue weighted by Crippen LogP contribution is 2.17. The van der Waals surface area contributed by atoms with Crippen molar-refractivity contribution in [3.05, 3.63) is 36.5 Å². The van der Waals surface area contributed by atoms with Crippen molar-refractivity contribution in [2.75, 3.05) is 13.2 Å². The molecule has 6 nitrogen and oxygen atoms in total. The minimum Gasteiger partial charge on any atom is -0.466 e. The second-order valence-electron chi connectivity index (χ2n) is 21.0. The van der Waals surface area contributed by atoms with E-state index in [2.05, 4.69) is 55.6 Å². The lowest BCUT2D eigenvalue weighted by Gasteiger charge is -2.22. The molecule has 2 atom stereocenters. The third kappa shape index (κ3) is 55.2. The summed E-state index contributed by atoms with van der Waals surface area (Å²) in [6.45, 7) is 4.91. The third-order valence-corrected chi connectivity index (χ3v) is 14.2. The van der Waals surface area contributed by atoms with Gasteiger partial charge in [0.1, 0.15) is 0 Å². The van der Waals surface area contributed by atoms with Gasteiger partial charge in [0.25, 0.3) is 0 Å². The van der Waals surface area contributed by atoms with Crippen molar-refractivity contribution in [2.45, 2.75) is 341 Å². The van der Waals surface area contributed by atoms with Gasteiger partial charge in [-0.25, -0.2) is 0 Å². The molecule has 0 aliphatic rings. The summed E-state index contributed by atoms with van der Waals surface area (Å²) in [5, 5.41) is 23.2. The standard InChI is InChI=1S/C63H119NO5/c1-3-5-7-9-11-13-15-17-33-37-41-45-49-53-57-63(68)69-58-54-50-46-42-38-34-31-29-27-25-23-21-19-18-20-22-24-26-28-30-32-36-40-44-48-52-56-62(67)64-60(59-65)61(66)55-51-47-43-39-35-16-14-12-10-8-6-4-2/h9,11,15,17-18,20,60-61,65-66H,3-8,10,12-14,16,19,21-59H2,1-2H3,(H,64,67)/b11-9-,17-15-,20-18-. The molecule has 0 aromatic carbocycles. The van der Waals surface area contributed by atoms with Crippen molar-refractivity contribution < 1.29 is 24.5 Å². The average molecular weight is 971 g/mol. The average Bonchev–Trinajstić information content (AvgIpc) is 3.35. The number of unbranched alkanes of at least 4 members (excludes halogenated alkanes) is 40. The summed E-state index contributed by atoms with van der Waals surface area (Å²) in [6, 6.07) is -0.542. The molecule has 0 radical (unpaired) electrons. The van der Waals surface area contributed by atoms with Crippen LogP contribution in [0, 0.1) is 0 Å². The summed E-state index contributed by atoms with van der Waals surface area (Å²) in [7, 11) is 0. The largest absolute Gasteiger partial charge is 0.466 e. The maximum Gasteiger partial charge on any atom is 0.305 e. The van der Waals surface area contributed by atoms with Crippen LogP contribution in [0.1, 0.15) is 328 Å². The molecule has 1 amide bonds. The van der Waals surface area contributed by atoms with E-state index in [0.29, 0.717) is 25.9 Å². The van der Waals surface area contributed by atoms with Crippen molar-refractivity contribution >= 4 is 11.9 Å². The second-order valence-corrected chi connectivity index (χ2v) is 21.0. The number of hydrogen-bond donors (Lipinski definition) is 3. The van der Waals surface area contributed by atoms with Gasteiger partial charge in [-0.3, -0.25) is 9.59 Å². The van der Waals surface area contributed by atoms with Gasteiger partial charge in [0.05, 0.1) is 25.4 Å². The van der Waals surface area contributed by atoms with E-state index in [4.69, 9.17) is 4.74 Å². The topological polar surface area (TPSA) is 95.9 Å². The monoisotopic (exact) mass is 970 g/mol. The van der Waals surface area contributed by atoms with Crippen molar-refractivity contribution in [1.82, 2.24) is 5.32 Å². The van der Waals surface area contributed by atoms with Crippen LogP contribution in [0.2, 0.25) is 0 Å². The van der Waals surface area contributed by atoms with Gasteiger partial charge < -0.3 is 20.3 Å². The van der Waals surface area contributed by atoms with E-state index in [1.807, 2.05) is 0 Å². The lowest BCUT2D eigenvalue weighted by molar-refractivity contribution is -0.143. The molecule has 0 saturated carbocycles. The molecular weight excluding hydrogens is 851 g/mol. The molecule has 0 rings (SSSR count). The number of aliphatic hydroxyl groups excluding tert-OH is 2. The van der Waals surface area contributed by atoms with Gasteiger partial charge >= 0.3 is 5.97 Å². The minimum atomic E-state index is -0.664. The van der Waals surface area contributed by atoms with Gasteiger partial charge in [-0.1, -0.05) is 275 Å². The Kier molecular flexibility index (Phi) is 57.0. The van der Waals surface area contributed by atoms with Gasteiger partial charge in [-0.15, -0.1) is 0 Å². The van der Waals surface area contributed by atoms with Crippen LogP contribution in [0.25, 0.3) is 0 Å². The molecule has 69 heavy (non-hydrogen) atoms. The zero-order valence-electron chi connectivity index (χ0n) is 46.3. The van der Waals surface area contributed by atoms with E-state index < -0.39 is 12.1 Å². The Labute approximate surface area is 430 Å². The van der Waals surface area contributed by atoms with Crippen molar-refractivity contribution in [3.63, 3.8) is 0 Å². The van der Waals surface area contributed by atoms with Crippen LogP contribution in [0.4, 0.5) is 0 Å². The first-order valence-electron chi connectivity index (χ1n) is 30.7. The Morgan fingerprint density at radius 2 is 0.739 bits per heavy atom. The fourth-order valence-corrected chi connectivity index (χ4v) is 9.42. The lowest BCUT2D eigenvalue weighted by atomic mass is 10.0. The molecule has 0 aliphatic carbocycles. The van der Waals surface area contributed by atoms with Crippen LogP contribution >= 0.6 is 0 Å². The molecule has 6 heteroatoms. The smallest absolute Gasteiger partial charge is 0.305 e. The number of hydrogen-bond acceptors (Lipinski definition) is 5. The fourth-order valence-electron chi connectivity index (χ4n) is 9.42. The normalized spacial score (nSPS) is 12.8. The third-order valence-electron chi connectivity index (χ3n) is 14.2. The molecule has 0 aromatic heterocycles. The summed E-state index contributed by atoms with van der Waals surface area (Å²) in [4.78, 5) is 24.5. The summed E-state index contributed by atoms with van der Waals surface area (Å²) < 4.78 is 5.47. The number of aliphatic hydroxyl groups is 2. The first kappa shape index (κ1) is 67.1. The van der Waals surface area contributed by atoms with E-state index in [-0.39, 0.29) is 18.5 Å². The highest BCUT2D eigenvalue weighted by Gasteiger charge is 2.20. The molecule has 406 valence electrons. The Morgan fingerprint density at radius 3 is 1.16 bits per heavy atom. The molecule has 0 saturated heterocycles. The first-order chi connectivity index (χ1) is 34.0. The van der Waals surface area contributed by atoms with Gasteiger partial charge in [-0.2, -0.15) is 0 Å². The van der Waals surface area contributed by atoms with Crippen LogP contribution < -0.4 is 5.32 Å². The quantitative estimate of drug-likeness (QED) is 0.0321. The molecule has 2 unspecified atom stereocenters. The highest BCUT2D eigenvalue weighted by molar-refractivity contribution is 5.76. The van der Waals surface area contributed by atoms with Crippen molar-refractivity contribution in [1.29, 1.82) is 0 Å². The van der Waals surface area contributed by atoms with Crippen LogP contribution in [-0.4, -0.2) is 47.4 Å². The fraction of sp³-hybridized carbons (Fsp3) is 0.873. The maximum atomic E-state index is 12.5. The van der Waals surface area contributed by atoms with Crippen LogP contribution in [0.15, 0.2) is 36.5 Å². The summed E-state index contributed by atoms with van der Waals surface area (Å²) in [5.41, 5.74) is 0. The Bertz CT molecular complexity index is 1120. The Hall–Kier alpha value is -1.92. The Morgan fingerprint density at radius 1 is 0.406 bits per heavy atom. The maximum absolute atomic E-state index is 12.5. The van der Waals surface area contributed by atoms with E-state index >= 15 is 0 Å². The summed E-state index contributed by atoms with van der Waals surface area (Å²) in [5.74, 6) is -0.0373. The summed E-state index contributed by atoms with van der Waals surface area (Å²) in [6.07, 6.45) is 73.0. The van der Waals surface area contributed by atoms with E-state index in [0.717, 1.165) is 51.4 Å². The summed E-state index contributed by atoms with van der Waals surface area (Å²) >= 11 is 0. The molecule has 0 aliphatic heterocycles. The molecular formula is C63H119NO5. The SMILES string of the molecule is CCCC/C=C\C/C=C\CCCCCCCC(=O)OCCCCCCCCCCCCCC/C=C\CCCCCCCCCCCCC(=O)NC(CO)C(O)CCCCCCCCCCCCCC. The van der Waals surface area contributed by atoms with Crippen molar-refractivity contribution in [2.24, 2.45) is 0 Å². The molecule has 0 spiro atoms. The molecule has 0 bridgehead atoms. The van der Waals surface area contributed by atoms with Crippen LogP contribution in [0.3, 0.4) is 0 Å². The van der Waals surface area contributed by atoms with Crippen molar-refractivity contribution in [3.8, 4) is 0 Å². The Balaban J connectivity index is 3.38. The number of carbonyl (C=O) groups excluding carboxylic acids is 2. The first-order valence-corrected chi connectivity index (χ1v) is 30.7. The van der Waals surface area contributed by atoms with Crippen LogP contribution in [-0.2, 0) is 14.3 Å². The van der Waals surface area contributed by atoms with Crippen LogP contribution in [0.5, 0.6) is 0 Å². The number of carbonyl (C=O) groups is 2. The number of ether oxygens (including phenoxy) is 1. The number of rotatable bonds is 57. The predicted octanol–water partition coefficient (Wildman–Crippen LogP) is 19.2. The van der Waals surface area contributed by atoms with Gasteiger partial charge in [0, 0.05) is 12.8 Å². The second kappa shape index (κ2) is 58.6. The number of amides is 1. The lowest BCUT2D eigenvalue weighted by Crippen LogP contribution is -2.45. The van der Waals surface area contributed by atoms with E-state index in [9.17, 15) is 19.8 Å². The molecule has 0 aromatic rings. The minimum absolute atomic E-state index is 0.000462. The number of allylic oxidation sites excluding steroid dienone is 6. The highest BCUT2D eigenvalue weighted by atomic mass is 16.5. The number of esters is 1. The van der Waals surface area contributed by atoms with E-state index in [1.165, 1.54) is 244 Å². The van der Waals surface area contributed by atoms with Gasteiger partial charge in [0.15, 0.2) is 0 Å². The molecule has 0 fully saturated rings. The van der Waals surface area contributed by atoms with E-state index in [1.54, 1.807) is 0 Å². The number of nitrogens with one attached hydrogen (secondary N) is 1. The zero-order chi connectivity index (χ0) is 50.0. The predicted molar refractivity (Wildman–Crippen MR) is 301 cm³/mol. The zero-order valence-corrected chi connectivity index (χ0v) is 46.3.